The fourth-order valence-corrected chi connectivity index (χ4v) is 1.00. The summed E-state index contributed by atoms with van der Waals surface area (Å²) < 4.78 is 35.9. The highest BCUT2D eigenvalue weighted by molar-refractivity contribution is 4.86. The lowest BCUT2D eigenvalue weighted by Gasteiger charge is -2.21. The molecule has 0 amide bonds. The second-order valence-corrected chi connectivity index (χ2v) is 2.86. The zero-order valence-electron chi connectivity index (χ0n) is 8.19. The first-order valence-corrected chi connectivity index (χ1v) is 4.43. The number of nitrogens with zero attached hydrogens (tertiary/aromatic N) is 1. The molecule has 0 aromatic rings. The molecule has 0 aliphatic heterocycles. The van der Waals surface area contributed by atoms with Gasteiger partial charge in [0.1, 0.15) is 0 Å². The Labute approximate surface area is 82.5 Å². The van der Waals surface area contributed by atoms with Gasteiger partial charge in [0.05, 0.1) is 13.1 Å². The molecule has 0 bridgehead atoms. The monoisotopic (exact) mass is 208 g/mol. The van der Waals surface area contributed by atoms with Crippen LogP contribution in [-0.2, 0) is 0 Å². The summed E-state index contributed by atoms with van der Waals surface area (Å²) in [7, 11) is 0. The Bertz CT molecular complexity index is 183. The fourth-order valence-electron chi connectivity index (χ4n) is 1.00. The van der Waals surface area contributed by atoms with E-state index in [0.29, 0.717) is 26.2 Å². The van der Waals surface area contributed by atoms with Crippen LogP contribution in [0, 0.1) is 12.3 Å². The molecule has 0 aliphatic rings. The van der Waals surface area contributed by atoms with Crippen molar-refractivity contribution >= 4 is 0 Å². The van der Waals surface area contributed by atoms with Crippen LogP contribution >= 0.6 is 0 Å². The first kappa shape index (κ1) is 13.3. The average molecular weight is 208 g/mol. The van der Waals surface area contributed by atoms with Crippen LogP contribution in [0.3, 0.4) is 0 Å². The standard InChI is InChI=1S/C9H15F3N2/c1-3-5-13-6-7-14(4-2)8-9(10,11)12/h1,13H,4-8H2,2H3. The summed E-state index contributed by atoms with van der Waals surface area (Å²) in [6.45, 7) is 2.46. The zero-order chi connectivity index (χ0) is 11.0. The van der Waals surface area contributed by atoms with Crippen molar-refractivity contribution in [2.24, 2.45) is 0 Å². The largest absolute Gasteiger partial charge is 0.401 e. The molecule has 14 heavy (non-hydrogen) atoms. The van der Waals surface area contributed by atoms with Crippen molar-refractivity contribution in [3.63, 3.8) is 0 Å². The maximum atomic E-state index is 12.0. The van der Waals surface area contributed by atoms with E-state index < -0.39 is 12.7 Å². The van der Waals surface area contributed by atoms with Gasteiger partial charge in [0.15, 0.2) is 0 Å². The highest BCUT2D eigenvalue weighted by Crippen LogP contribution is 2.15. The second kappa shape index (κ2) is 6.68. The minimum atomic E-state index is -4.12. The molecule has 0 saturated carbocycles. The minimum absolute atomic E-state index is 0.359. The summed E-state index contributed by atoms with van der Waals surface area (Å²) in [4.78, 5) is 1.32. The van der Waals surface area contributed by atoms with Crippen molar-refractivity contribution in [3.8, 4) is 12.3 Å². The third kappa shape index (κ3) is 7.90. The van der Waals surface area contributed by atoms with Crippen LogP contribution in [0.4, 0.5) is 13.2 Å². The lowest BCUT2D eigenvalue weighted by atomic mass is 10.4. The molecule has 0 radical (unpaired) electrons. The van der Waals surface area contributed by atoms with Gasteiger partial charge in [-0.1, -0.05) is 12.8 Å². The number of alkyl halides is 3. The maximum absolute atomic E-state index is 12.0. The SMILES string of the molecule is C#CCNCCN(CC)CC(F)(F)F. The van der Waals surface area contributed by atoms with Crippen LogP contribution in [0.25, 0.3) is 0 Å². The van der Waals surface area contributed by atoms with Crippen molar-refractivity contribution in [3.05, 3.63) is 0 Å². The van der Waals surface area contributed by atoms with E-state index in [1.54, 1.807) is 6.92 Å². The van der Waals surface area contributed by atoms with E-state index in [-0.39, 0.29) is 0 Å². The first-order chi connectivity index (χ1) is 6.49. The smallest absolute Gasteiger partial charge is 0.305 e. The van der Waals surface area contributed by atoms with E-state index in [1.807, 2.05) is 0 Å². The summed E-state index contributed by atoms with van der Waals surface area (Å²) >= 11 is 0. The summed E-state index contributed by atoms with van der Waals surface area (Å²) in [6.07, 6.45) is 0.851. The molecule has 0 spiro atoms. The van der Waals surface area contributed by atoms with Gasteiger partial charge in [-0.3, -0.25) is 4.90 Å². The fraction of sp³-hybridized carbons (Fsp3) is 0.778. The van der Waals surface area contributed by atoms with Gasteiger partial charge in [0.2, 0.25) is 0 Å². The minimum Gasteiger partial charge on any atom is -0.305 e. The van der Waals surface area contributed by atoms with Gasteiger partial charge >= 0.3 is 6.18 Å². The number of nitrogens with one attached hydrogen (secondary N) is 1. The molecule has 0 aliphatic carbocycles. The second-order valence-electron chi connectivity index (χ2n) is 2.86. The Morgan fingerprint density at radius 1 is 1.43 bits per heavy atom. The molecule has 0 heterocycles. The van der Waals surface area contributed by atoms with Crippen molar-refractivity contribution in [1.29, 1.82) is 0 Å². The molecule has 0 saturated heterocycles. The summed E-state index contributed by atoms with van der Waals surface area (Å²) in [6, 6.07) is 0. The Kier molecular flexibility index (Phi) is 6.34. The summed E-state index contributed by atoms with van der Waals surface area (Å²) in [5.74, 6) is 2.36. The zero-order valence-corrected chi connectivity index (χ0v) is 8.19. The number of halogens is 3. The van der Waals surface area contributed by atoms with E-state index in [2.05, 4.69) is 11.2 Å². The van der Waals surface area contributed by atoms with Crippen molar-refractivity contribution < 1.29 is 13.2 Å². The molecule has 0 atom stereocenters. The van der Waals surface area contributed by atoms with Crippen LogP contribution < -0.4 is 5.32 Å². The molecule has 0 rings (SSSR count). The molecule has 0 aromatic carbocycles. The molecule has 1 N–H and O–H groups in total. The Morgan fingerprint density at radius 3 is 2.50 bits per heavy atom. The quantitative estimate of drug-likeness (QED) is 0.519. The predicted octanol–water partition coefficient (Wildman–Crippen LogP) is 1.09. The Hall–Kier alpha value is -0.730. The number of likely N-dealkylation sites (N-methyl/N-ethyl adjacent to an activating group) is 1. The summed E-state index contributed by atoms with van der Waals surface area (Å²) in [5.41, 5.74) is 0. The predicted molar refractivity (Wildman–Crippen MR) is 49.9 cm³/mol. The highest BCUT2D eigenvalue weighted by atomic mass is 19.4. The Morgan fingerprint density at radius 2 is 2.07 bits per heavy atom. The molecule has 0 unspecified atom stereocenters. The topological polar surface area (TPSA) is 15.3 Å². The van der Waals surface area contributed by atoms with Crippen molar-refractivity contribution in [1.82, 2.24) is 10.2 Å². The van der Waals surface area contributed by atoms with Gasteiger partial charge in [-0.25, -0.2) is 0 Å². The molecule has 82 valence electrons. The number of terminal acetylenes is 1. The van der Waals surface area contributed by atoms with Crippen molar-refractivity contribution in [2.75, 3.05) is 32.7 Å². The number of hydrogen-bond acceptors (Lipinski definition) is 2. The van der Waals surface area contributed by atoms with Crippen LogP contribution in [0.1, 0.15) is 6.92 Å². The number of hydrogen-bond donors (Lipinski definition) is 1. The molecule has 0 fully saturated rings. The third-order valence-electron chi connectivity index (χ3n) is 1.68. The molecular formula is C9H15F3N2. The van der Waals surface area contributed by atoms with Crippen LogP contribution in [0.2, 0.25) is 0 Å². The van der Waals surface area contributed by atoms with E-state index in [4.69, 9.17) is 6.42 Å². The van der Waals surface area contributed by atoms with Gasteiger partial charge in [-0.05, 0) is 6.54 Å². The van der Waals surface area contributed by atoms with E-state index in [9.17, 15) is 13.2 Å². The van der Waals surface area contributed by atoms with Crippen LogP contribution in [0.15, 0.2) is 0 Å². The Balaban J connectivity index is 3.65. The average Bonchev–Trinajstić information content (AvgIpc) is 2.08. The van der Waals surface area contributed by atoms with Crippen LogP contribution in [0.5, 0.6) is 0 Å². The van der Waals surface area contributed by atoms with Gasteiger partial charge in [0, 0.05) is 13.1 Å². The van der Waals surface area contributed by atoms with Crippen LogP contribution in [-0.4, -0.2) is 43.8 Å². The maximum Gasteiger partial charge on any atom is 0.401 e. The van der Waals surface area contributed by atoms with Gasteiger partial charge in [-0.15, -0.1) is 6.42 Å². The van der Waals surface area contributed by atoms with E-state index >= 15 is 0 Å². The first-order valence-electron chi connectivity index (χ1n) is 4.43. The normalized spacial score (nSPS) is 11.7. The summed E-state index contributed by atoms with van der Waals surface area (Å²) in [5, 5.41) is 2.84. The third-order valence-corrected chi connectivity index (χ3v) is 1.68. The van der Waals surface area contributed by atoms with E-state index in [0.717, 1.165) is 0 Å². The molecule has 5 heteroatoms. The van der Waals surface area contributed by atoms with E-state index in [1.165, 1.54) is 4.90 Å². The lowest BCUT2D eigenvalue weighted by molar-refractivity contribution is -0.145. The number of rotatable bonds is 6. The lowest BCUT2D eigenvalue weighted by Crippen LogP contribution is -2.38. The molecule has 2 nitrogen and oxygen atoms in total. The molecule has 0 aromatic heterocycles. The van der Waals surface area contributed by atoms with Gasteiger partial charge < -0.3 is 5.32 Å². The van der Waals surface area contributed by atoms with Gasteiger partial charge in [0.25, 0.3) is 0 Å². The van der Waals surface area contributed by atoms with Gasteiger partial charge in [-0.2, -0.15) is 13.2 Å². The molecular weight excluding hydrogens is 193 g/mol. The highest BCUT2D eigenvalue weighted by Gasteiger charge is 2.29. The van der Waals surface area contributed by atoms with Crippen molar-refractivity contribution in [2.45, 2.75) is 13.1 Å².